The van der Waals surface area contributed by atoms with E-state index in [4.69, 9.17) is 42.1 Å². The van der Waals surface area contributed by atoms with Gasteiger partial charge in [-0.1, -0.05) is 29.3 Å². The second kappa shape index (κ2) is 9.54. The number of nitrogens with one attached hydrogen (secondary N) is 1. The molecule has 3 aromatic carbocycles. The van der Waals surface area contributed by atoms with Gasteiger partial charge in [-0.05, 0) is 35.9 Å². The van der Waals surface area contributed by atoms with Crippen LogP contribution in [-0.2, 0) is 13.2 Å². The first-order valence-corrected chi connectivity index (χ1v) is 10.4. The maximum Gasteiger partial charge on any atom is 0.163 e. The van der Waals surface area contributed by atoms with Crippen LogP contribution < -0.4 is 24.3 Å². The Bertz CT molecular complexity index is 1070. The number of fused-ring (bicyclic) bond motifs is 1. The van der Waals surface area contributed by atoms with E-state index in [1.54, 1.807) is 24.3 Å². The molecule has 5 nitrogen and oxygen atoms in total. The number of anilines is 1. The highest BCUT2D eigenvalue weighted by atomic mass is 35.5. The van der Waals surface area contributed by atoms with Gasteiger partial charge < -0.3 is 24.3 Å². The maximum atomic E-state index is 14.0. The Morgan fingerprint density at radius 2 is 1.77 bits per heavy atom. The van der Waals surface area contributed by atoms with Crippen LogP contribution in [-0.4, -0.2) is 20.3 Å². The molecule has 1 aliphatic heterocycles. The summed E-state index contributed by atoms with van der Waals surface area (Å²) in [6.45, 7) is 1.48. The molecular formula is C23H20Cl2FNO4. The zero-order chi connectivity index (χ0) is 21.8. The molecule has 0 spiro atoms. The molecule has 0 aliphatic carbocycles. The van der Waals surface area contributed by atoms with Crippen LogP contribution in [0.4, 0.5) is 10.1 Å². The highest BCUT2D eigenvalue weighted by Crippen LogP contribution is 2.36. The van der Waals surface area contributed by atoms with Gasteiger partial charge in [0.15, 0.2) is 23.0 Å². The van der Waals surface area contributed by atoms with Crippen molar-refractivity contribution in [3.05, 3.63) is 75.5 Å². The predicted octanol–water partition coefficient (Wildman–Crippen LogP) is 6.10. The van der Waals surface area contributed by atoms with Gasteiger partial charge in [0.2, 0.25) is 0 Å². The standard InChI is InChI=1S/C23H20Cl2FNO4/c1-28-21-9-14(12-27-15-5-6-20-22(10-15)30-8-7-29-20)18(25)11-23(21)31-13-16-17(24)3-2-4-19(16)26/h2-6,9-11,27H,7-8,12-13H2,1H3. The van der Waals surface area contributed by atoms with Gasteiger partial charge in [0.25, 0.3) is 0 Å². The summed E-state index contributed by atoms with van der Waals surface area (Å²) in [5.74, 6) is 1.88. The summed E-state index contributed by atoms with van der Waals surface area (Å²) < 4.78 is 36.3. The lowest BCUT2D eigenvalue weighted by atomic mass is 10.1. The first-order valence-electron chi connectivity index (χ1n) is 9.61. The molecule has 4 rings (SSSR count). The summed E-state index contributed by atoms with van der Waals surface area (Å²) in [6.07, 6.45) is 0. The second-order valence-corrected chi connectivity index (χ2v) is 7.61. The molecule has 0 aromatic heterocycles. The van der Waals surface area contributed by atoms with Crippen molar-refractivity contribution < 1.29 is 23.3 Å². The smallest absolute Gasteiger partial charge is 0.163 e. The molecule has 0 unspecified atom stereocenters. The van der Waals surface area contributed by atoms with Crippen LogP contribution in [0.1, 0.15) is 11.1 Å². The maximum absolute atomic E-state index is 14.0. The van der Waals surface area contributed by atoms with Gasteiger partial charge in [-0.15, -0.1) is 0 Å². The van der Waals surface area contributed by atoms with Gasteiger partial charge >= 0.3 is 0 Å². The summed E-state index contributed by atoms with van der Waals surface area (Å²) in [7, 11) is 1.53. The summed E-state index contributed by atoms with van der Waals surface area (Å²) in [6, 6.07) is 13.6. The first-order chi connectivity index (χ1) is 15.0. The molecule has 162 valence electrons. The van der Waals surface area contributed by atoms with Crippen LogP contribution in [0, 0.1) is 5.82 Å². The Morgan fingerprint density at radius 3 is 2.55 bits per heavy atom. The fraction of sp³-hybridized carbons (Fsp3) is 0.217. The number of hydrogen-bond donors (Lipinski definition) is 1. The fourth-order valence-electron chi connectivity index (χ4n) is 3.16. The van der Waals surface area contributed by atoms with E-state index in [1.165, 1.54) is 13.2 Å². The zero-order valence-corrected chi connectivity index (χ0v) is 18.2. The Balaban J connectivity index is 1.47. The summed E-state index contributed by atoms with van der Waals surface area (Å²) in [5.41, 5.74) is 1.95. The molecule has 1 aliphatic rings. The van der Waals surface area contributed by atoms with Crippen LogP contribution in [0.25, 0.3) is 0 Å². The summed E-state index contributed by atoms with van der Waals surface area (Å²) in [5, 5.41) is 4.10. The average Bonchev–Trinajstić information content (AvgIpc) is 2.78. The minimum absolute atomic E-state index is 0.0486. The Morgan fingerprint density at radius 1 is 0.968 bits per heavy atom. The number of benzene rings is 3. The lowest BCUT2D eigenvalue weighted by molar-refractivity contribution is 0.171. The third-order valence-corrected chi connectivity index (χ3v) is 5.50. The zero-order valence-electron chi connectivity index (χ0n) is 16.7. The largest absolute Gasteiger partial charge is 0.493 e. The average molecular weight is 464 g/mol. The van der Waals surface area contributed by atoms with E-state index >= 15 is 0 Å². The molecule has 1 N–H and O–H groups in total. The van der Waals surface area contributed by atoms with Gasteiger partial charge in [-0.2, -0.15) is 0 Å². The van der Waals surface area contributed by atoms with Crippen LogP contribution in [0.15, 0.2) is 48.5 Å². The highest BCUT2D eigenvalue weighted by Gasteiger charge is 2.15. The SMILES string of the molecule is COc1cc(CNc2ccc3c(c2)OCCO3)c(Cl)cc1OCc1c(F)cccc1Cl. The molecule has 0 saturated heterocycles. The topological polar surface area (TPSA) is 49.0 Å². The van der Waals surface area contributed by atoms with Crippen LogP contribution in [0.5, 0.6) is 23.0 Å². The van der Waals surface area contributed by atoms with Crippen molar-refractivity contribution in [2.24, 2.45) is 0 Å². The van der Waals surface area contributed by atoms with Crippen molar-refractivity contribution in [1.82, 2.24) is 0 Å². The minimum atomic E-state index is -0.433. The highest BCUT2D eigenvalue weighted by molar-refractivity contribution is 6.31. The number of hydrogen-bond acceptors (Lipinski definition) is 5. The molecule has 0 atom stereocenters. The molecule has 0 saturated carbocycles. The molecule has 0 fully saturated rings. The number of methoxy groups -OCH3 is 1. The van der Waals surface area contributed by atoms with E-state index in [0.29, 0.717) is 47.1 Å². The Kier molecular flexibility index (Phi) is 6.59. The van der Waals surface area contributed by atoms with E-state index in [1.807, 2.05) is 18.2 Å². The lowest BCUT2D eigenvalue weighted by Gasteiger charge is -2.19. The normalized spacial score (nSPS) is 12.4. The summed E-state index contributed by atoms with van der Waals surface area (Å²) in [4.78, 5) is 0. The number of ether oxygens (including phenoxy) is 4. The van der Waals surface area contributed by atoms with Crippen molar-refractivity contribution in [3.63, 3.8) is 0 Å². The third-order valence-electron chi connectivity index (χ3n) is 4.79. The van der Waals surface area contributed by atoms with E-state index in [0.717, 1.165) is 17.0 Å². The number of halogens is 3. The predicted molar refractivity (Wildman–Crippen MR) is 119 cm³/mol. The van der Waals surface area contributed by atoms with E-state index in [2.05, 4.69) is 5.32 Å². The lowest BCUT2D eigenvalue weighted by Crippen LogP contribution is -2.15. The van der Waals surface area contributed by atoms with Crippen LogP contribution in [0.3, 0.4) is 0 Å². The molecule has 0 bridgehead atoms. The number of rotatable bonds is 7. The second-order valence-electron chi connectivity index (χ2n) is 6.80. The van der Waals surface area contributed by atoms with Gasteiger partial charge in [0.1, 0.15) is 25.6 Å². The minimum Gasteiger partial charge on any atom is -0.493 e. The van der Waals surface area contributed by atoms with Crippen molar-refractivity contribution in [2.75, 3.05) is 25.6 Å². The van der Waals surface area contributed by atoms with Gasteiger partial charge in [-0.25, -0.2) is 4.39 Å². The van der Waals surface area contributed by atoms with Crippen molar-refractivity contribution in [2.45, 2.75) is 13.2 Å². The molecule has 8 heteroatoms. The molecule has 1 heterocycles. The van der Waals surface area contributed by atoms with Gasteiger partial charge in [-0.3, -0.25) is 0 Å². The van der Waals surface area contributed by atoms with Crippen LogP contribution >= 0.6 is 23.2 Å². The molecule has 3 aromatic rings. The molecular weight excluding hydrogens is 444 g/mol. The third kappa shape index (κ3) is 4.92. The van der Waals surface area contributed by atoms with Crippen molar-refractivity contribution in [3.8, 4) is 23.0 Å². The molecule has 0 amide bonds. The quantitative estimate of drug-likeness (QED) is 0.458. The molecule has 0 radical (unpaired) electrons. The van der Waals surface area contributed by atoms with E-state index < -0.39 is 5.82 Å². The first kappa shape index (κ1) is 21.4. The van der Waals surface area contributed by atoms with Crippen molar-refractivity contribution in [1.29, 1.82) is 0 Å². The monoisotopic (exact) mass is 463 g/mol. The summed E-state index contributed by atoms with van der Waals surface area (Å²) >= 11 is 12.5. The van der Waals surface area contributed by atoms with Crippen molar-refractivity contribution >= 4 is 28.9 Å². The van der Waals surface area contributed by atoms with E-state index in [-0.39, 0.29) is 12.2 Å². The molecule has 31 heavy (non-hydrogen) atoms. The fourth-order valence-corrected chi connectivity index (χ4v) is 3.59. The van der Waals surface area contributed by atoms with E-state index in [9.17, 15) is 4.39 Å². The Hall–Kier alpha value is -2.83. The van der Waals surface area contributed by atoms with Gasteiger partial charge in [0.05, 0.1) is 12.1 Å². The van der Waals surface area contributed by atoms with Crippen LogP contribution in [0.2, 0.25) is 10.0 Å². The Labute approximate surface area is 189 Å². The van der Waals surface area contributed by atoms with Gasteiger partial charge in [0, 0.05) is 35.0 Å².